The van der Waals surface area contributed by atoms with E-state index in [1.54, 1.807) is 36.5 Å². The van der Waals surface area contributed by atoms with Crippen LogP contribution in [-0.4, -0.2) is 4.98 Å². The SMILES string of the molecule is Nc1ccc2c(Oc3ccc(Cl)c(Cl)c3)ccnc2c1. The summed E-state index contributed by atoms with van der Waals surface area (Å²) in [6.45, 7) is 0. The van der Waals surface area contributed by atoms with Gasteiger partial charge in [0.05, 0.1) is 15.6 Å². The first-order valence-electron chi connectivity index (χ1n) is 5.90. The maximum atomic E-state index is 5.98. The van der Waals surface area contributed by atoms with Gasteiger partial charge < -0.3 is 10.5 Å². The van der Waals surface area contributed by atoms with Gasteiger partial charge in [-0.15, -0.1) is 0 Å². The Morgan fingerprint density at radius 2 is 1.80 bits per heavy atom. The number of rotatable bonds is 2. The highest BCUT2D eigenvalue weighted by Gasteiger charge is 2.06. The van der Waals surface area contributed by atoms with E-state index in [2.05, 4.69) is 4.98 Å². The van der Waals surface area contributed by atoms with E-state index in [0.717, 1.165) is 10.9 Å². The number of aromatic nitrogens is 1. The maximum Gasteiger partial charge on any atom is 0.138 e. The number of pyridine rings is 1. The molecular weight excluding hydrogens is 295 g/mol. The van der Waals surface area contributed by atoms with Gasteiger partial charge in [0.15, 0.2) is 0 Å². The van der Waals surface area contributed by atoms with Crippen molar-refractivity contribution in [1.29, 1.82) is 0 Å². The van der Waals surface area contributed by atoms with E-state index in [-0.39, 0.29) is 0 Å². The Morgan fingerprint density at radius 3 is 2.60 bits per heavy atom. The van der Waals surface area contributed by atoms with Gasteiger partial charge in [0, 0.05) is 23.3 Å². The highest BCUT2D eigenvalue weighted by Crippen LogP contribution is 2.32. The molecule has 0 radical (unpaired) electrons. The third-order valence-electron chi connectivity index (χ3n) is 2.85. The molecule has 20 heavy (non-hydrogen) atoms. The van der Waals surface area contributed by atoms with E-state index < -0.39 is 0 Å². The van der Waals surface area contributed by atoms with Crippen LogP contribution in [0.2, 0.25) is 10.0 Å². The molecule has 3 aromatic rings. The standard InChI is InChI=1S/C15H10Cl2N2O/c16-12-4-2-10(8-13(12)17)20-15-5-6-19-14-7-9(18)1-3-11(14)15/h1-8H,18H2. The zero-order valence-corrected chi connectivity index (χ0v) is 11.8. The number of nitrogen functional groups attached to an aromatic ring is 1. The van der Waals surface area contributed by atoms with Crippen molar-refractivity contribution >= 4 is 39.8 Å². The predicted molar refractivity (Wildman–Crippen MR) is 82.7 cm³/mol. The normalized spacial score (nSPS) is 10.7. The van der Waals surface area contributed by atoms with Gasteiger partial charge in [-0.2, -0.15) is 0 Å². The molecular formula is C15H10Cl2N2O. The molecule has 2 N–H and O–H groups in total. The lowest BCUT2D eigenvalue weighted by molar-refractivity contribution is 0.488. The van der Waals surface area contributed by atoms with Crippen molar-refractivity contribution in [2.45, 2.75) is 0 Å². The average molecular weight is 305 g/mol. The quantitative estimate of drug-likeness (QED) is 0.684. The van der Waals surface area contributed by atoms with Gasteiger partial charge in [0.2, 0.25) is 0 Å². The summed E-state index contributed by atoms with van der Waals surface area (Å²) < 4.78 is 5.84. The van der Waals surface area contributed by atoms with Crippen LogP contribution >= 0.6 is 23.2 Å². The van der Waals surface area contributed by atoms with Crippen LogP contribution in [0.5, 0.6) is 11.5 Å². The van der Waals surface area contributed by atoms with Crippen molar-refractivity contribution in [3.63, 3.8) is 0 Å². The monoisotopic (exact) mass is 304 g/mol. The first-order chi connectivity index (χ1) is 9.63. The molecule has 2 aromatic carbocycles. The van der Waals surface area contributed by atoms with Gasteiger partial charge in [-0.25, -0.2) is 0 Å². The van der Waals surface area contributed by atoms with Crippen LogP contribution in [0, 0.1) is 0 Å². The number of nitrogens with two attached hydrogens (primary N) is 1. The van der Waals surface area contributed by atoms with Crippen LogP contribution in [0.15, 0.2) is 48.7 Å². The number of ether oxygens (including phenoxy) is 1. The Hall–Kier alpha value is -1.97. The van der Waals surface area contributed by atoms with Crippen molar-refractivity contribution in [2.24, 2.45) is 0 Å². The number of halogens is 2. The third-order valence-corrected chi connectivity index (χ3v) is 3.58. The average Bonchev–Trinajstić information content (AvgIpc) is 2.43. The molecule has 3 rings (SSSR count). The second-order valence-corrected chi connectivity index (χ2v) is 5.08. The topological polar surface area (TPSA) is 48.1 Å². The fourth-order valence-corrected chi connectivity index (χ4v) is 2.18. The van der Waals surface area contributed by atoms with Crippen LogP contribution in [0.1, 0.15) is 0 Å². The van der Waals surface area contributed by atoms with Gasteiger partial charge in [-0.05, 0) is 36.4 Å². The van der Waals surface area contributed by atoms with E-state index in [9.17, 15) is 0 Å². The largest absolute Gasteiger partial charge is 0.457 e. The summed E-state index contributed by atoms with van der Waals surface area (Å²) in [5.74, 6) is 1.30. The molecule has 0 aliphatic carbocycles. The van der Waals surface area contributed by atoms with Gasteiger partial charge >= 0.3 is 0 Å². The second-order valence-electron chi connectivity index (χ2n) is 4.26. The highest BCUT2D eigenvalue weighted by atomic mass is 35.5. The molecule has 5 heteroatoms. The fraction of sp³-hybridized carbons (Fsp3) is 0. The van der Waals surface area contributed by atoms with Crippen LogP contribution in [0.25, 0.3) is 10.9 Å². The molecule has 0 aliphatic heterocycles. The van der Waals surface area contributed by atoms with Crippen molar-refractivity contribution in [2.75, 3.05) is 5.73 Å². The summed E-state index contributed by atoms with van der Waals surface area (Å²) in [6.07, 6.45) is 1.68. The molecule has 1 heterocycles. The number of nitrogens with zero attached hydrogens (tertiary/aromatic N) is 1. The molecule has 0 spiro atoms. The van der Waals surface area contributed by atoms with Crippen molar-refractivity contribution in [3.8, 4) is 11.5 Å². The number of hydrogen-bond acceptors (Lipinski definition) is 3. The number of hydrogen-bond donors (Lipinski definition) is 1. The van der Waals surface area contributed by atoms with Gasteiger partial charge in [-0.3, -0.25) is 4.98 Å². The van der Waals surface area contributed by atoms with Crippen molar-refractivity contribution < 1.29 is 4.74 Å². The van der Waals surface area contributed by atoms with Crippen LogP contribution in [0.3, 0.4) is 0 Å². The van der Waals surface area contributed by atoms with Crippen molar-refractivity contribution in [1.82, 2.24) is 4.98 Å². The lowest BCUT2D eigenvalue weighted by Crippen LogP contribution is -1.90. The zero-order chi connectivity index (χ0) is 14.1. The molecule has 0 saturated heterocycles. The molecule has 0 saturated carbocycles. The Kier molecular flexibility index (Phi) is 3.38. The van der Waals surface area contributed by atoms with E-state index in [1.807, 2.05) is 12.1 Å². The third kappa shape index (κ3) is 2.50. The minimum Gasteiger partial charge on any atom is -0.457 e. The number of anilines is 1. The smallest absolute Gasteiger partial charge is 0.138 e. The number of benzene rings is 2. The van der Waals surface area contributed by atoms with Crippen molar-refractivity contribution in [3.05, 3.63) is 58.7 Å². The summed E-state index contributed by atoms with van der Waals surface area (Å²) >= 11 is 11.9. The van der Waals surface area contributed by atoms with E-state index >= 15 is 0 Å². The van der Waals surface area contributed by atoms with Gasteiger partial charge in [-0.1, -0.05) is 23.2 Å². The Bertz CT molecular complexity index is 790. The second kappa shape index (κ2) is 5.19. The van der Waals surface area contributed by atoms with Crippen LogP contribution < -0.4 is 10.5 Å². The first kappa shape index (κ1) is 13.0. The van der Waals surface area contributed by atoms with Crippen LogP contribution in [0.4, 0.5) is 5.69 Å². The summed E-state index contributed by atoms with van der Waals surface area (Å²) in [4.78, 5) is 4.27. The molecule has 0 amide bonds. The molecule has 0 unspecified atom stereocenters. The van der Waals surface area contributed by atoms with Gasteiger partial charge in [0.25, 0.3) is 0 Å². The fourth-order valence-electron chi connectivity index (χ4n) is 1.90. The minimum absolute atomic E-state index is 0.451. The summed E-state index contributed by atoms with van der Waals surface area (Å²) in [5.41, 5.74) is 7.19. The molecule has 0 aliphatic rings. The summed E-state index contributed by atoms with van der Waals surface area (Å²) in [6, 6.07) is 12.4. The molecule has 3 nitrogen and oxygen atoms in total. The first-order valence-corrected chi connectivity index (χ1v) is 6.66. The van der Waals surface area contributed by atoms with Gasteiger partial charge in [0.1, 0.15) is 11.5 Å². The lowest BCUT2D eigenvalue weighted by Gasteiger charge is -2.09. The minimum atomic E-state index is 0.451. The Labute approximate surface area is 125 Å². The lowest BCUT2D eigenvalue weighted by atomic mass is 10.2. The predicted octanol–water partition coefficient (Wildman–Crippen LogP) is 4.92. The molecule has 1 aromatic heterocycles. The molecule has 0 fully saturated rings. The molecule has 0 atom stereocenters. The van der Waals surface area contributed by atoms with E-state index in [1.165, 1.54) is 0 Å². The summed E-state index contributed by atoms with van der Waals surface area (Å²) in [5, 5.41) is 1.82. The molecule has 0 bridgehead atoms. The Morgan fingerprint density at radius 1 is 0.950 bits per heavy atom. The zero-order valence-electron chi connectivity index (χ0n) is 10.3. The Balaban J connectivity index is 2.04. The van der Waals surface area contributed by atoms with E-state index in [4.69, 9.17) is 33.7 Å². The van der Waals surface area contributed by atoms with Crippen LogP contribution in [-0.2, 0) is 0 Å². The molecule has 100 valence electrons. The summed E-state index contributed by atoms with van der Waals surface area (Å²) in [7, 11) is 0. The highest BCUT2D eigenvalue weighted by molar-refractivity contribution is 6.42. The number of fused-ring (bicyclic) bond motifs is 1. The van der Waals surface area contributed by atoms with E-state index in [0.29, 0.717) is 27.2 Å². The maximum absolute atomic E-state index is 5.98.